The van der Waals surface area contributed by atoms with Crippen LogP contribution in [-0.4, -0.2) is 59.0 Å². The number of carbonyl (C=O) groups is 3. The molecule has 0 aliphatic heterocycles. The lowest BCUT2D eigenvalue weighted by atomic mass is 9.94. The van der Waals surface area contributed by atoms with Crippen molar-refractivity contribution in [3.63, 3.8) is 0 Å². The monoisotopic (exact) mass is 533 g/mol. The van der Waals surface area contributed by atoms with Gasteiger partial charge in [0, 0.05) is 12.6 Å². The van der Waals surface area contributed by atoms with Gasteiger partial charge in [-0.1, -0.05) is 44.4 Å². The lowest BCUT2D eigenvalue weighted by molar-refractivity contribution is -0.143. The number of hydrogen-bond acceptors (Lipinski definition) is 5. The van der Waals surface area contributed by atoms with E-state index in [1.54, 1.807) is 37.4 Å². The van der Waals surface area contributed by atoms with Crippen molar-refractivity contribution in [2.45, 2.75) is 110 Å². The Morgan fingerprint density at radius 2 is 1.78 bits per heavy atom. The Bertz CT molecular complexity index is 909. The highest BCUT2D eigenvalue weighted by atomic mass is 32.2. The summed E-state index contributed by atoms with van der Waals surface area (Å²) in [5.41, 5.74) is 2.32. The van der Waals surface area contributed by atoms with E-state index < -0.39 is 23.8 Å². The molecule has 0 spiro atoms. The minimum absolute atomic E-state index is 0.126. The Morgan fingerprint density at radius 1 is 1.11 bits per heavy atom. The Labute approximate surface area is 227 Å². The summed E-state index contributed by atoms with van der Waals surface area (Å²) in [5, 5.41) is 6.05. The maximum Gasteiger partial charge on any atom is 0.408 e. The van der Waals surface area contributed by atoms with E-state index >= 15 is 0 Å². The minimum atomic E-state index is -0.787. The summed E-state index contributed by atoms with van der Waals surface area (Å²) in [7, 11) is 0. The maximum atomic E-state index is 14.1. The second-order valence-electron chi connectivity index (χ2n) is 11.1. The van der Waals surface area contributed by atoms with Crippen molar-refractivity contribution in [2.24, 2.45) is 0 Å². The number of aryl methyl sites for hydroxylation is 2. The molecule has 1 fully saturated rings. The maximum absolute atomic E-state index is 14.1. The Balaban J connectivity index is 2.43. The third kappa shape index (κ3) is 9.87. The van der Waals surface area contributed by atoms with Crippen LogP contribution in [0.4, 0.5) is 4.79 Å². The number of thioether (sulfide) groups is 1. The normalized spacial score (nSPS) is 16.0. The molecule has 2 unspecified atom stereocenters. The van der Waals surface area contributed by atoms with Gasteiger partial charge in [-0.2, -0.15) is 11.8 Å². The van der Waals surface area contributed by atoms with Gasteiger partial charge in [0.15, 0.2) is 0 Å². The molecule has 0 radical (unpaired) electrons. The molecule has 0 saturated heterocycles. The molecule has 3 amide bonds. The van der Waals surface area contributed by atoms with Crippen molar-refractivity contribution in [1.82, 2.24) is 15.5 Å². The number of alkyl carbamates (subject to hydrolysis) is 1. The van der Waals surface area contributed by atoms with Gasteiger partial charge in [0.1, 0.15) is 17.7 Å². The average molecular weight is 534 g/mol. The fourth-order valence-electron chi connectivity index (χ4n) is 4.69. The molecule has 2 rings (SSSR count). The number of carbonyl (C=O) groups excluding carboxylic acids is 3. The molecule has 7 nitrogen and oxygen atoms in total. The first-order valence-electron chi connectivity index (χ1n) is 13.6. The van der Waals surface area contributed by atoms with E-state index in [1.165, 1.54) is 6.42 Å². The number of ether oxygens (including phenoxy) is 1. The van der Waals surface area contributed by atoms with E-state index in [9.17, 15) is 14.4 Å². The van der Waals surface area contributed by atoms with Gasteiger partial charge in [0.25, 0.3) is 0 Å². The fraction of sp³-hybridized carbons (Fsp3) is 0.690. The molecule has 8 heteroatoms. The van der Waals surface area contributed by atoms with Crippen LogP contribution in [0, 0.1) is 13.8 Å². The Hall–Kier alpha value is -2.22. The molecular formula is C29H47N3O4S. The first kappa shape index (κ1) is 31.0. The molecule has 0 bridgehead atoms. The van der Waals surface area contributed by atoms with E-state index in [4.69, 9.17) is 4.74 Å². The molecule has 1 aromatic carbocycles. The predicted octanol–water partition coefficient (Wildman–Crippen LogP) is 5.68. The van der Waals surface area contributed by atoms with Gasteiger partial charge in [-0.15, -0.1) is 0 Å². The molecule has 1 aliphatic rings. The van der Waals surface area contributed by atoms with Gasteiger partial charge >= 0.3 is 6.09 Å². The molecule has 208 valence electrons. The zero-order chi connectivity index (χ0) is 27.6. The van der Waals surface area contributed by atoms with Crippen molar-refractivity contribution in [3.05, 3.63) is 34.9 Å². The van der Waals surface area contributed by atoms with Crippen LogP contribution in [0.5, 0.6) is 0 Å². The zero-order valence-corrected chi connectivity index (χ0v) is 24.6. The molecule has 0 aromatic heterocycles. The first-order chi connectivity index (χ1) is 17.5. The van der Waals surface area contributed by atoms with Crippen LogP contribution >= 0.6 is 11.8 Å². The number of amides is 3. The predicted molar refractivity (Wildman–Crippen MR) is 152 cm³/mol. The minimum Gasteiger partial charge on any atom is -0.444 e. The Kier molecular flexibility index (Phi) is 12.3. The number of nitrogens with zero attached hydrogens (tertiary/aromatic N) is 1. The van der Waals surface area contributed by atoms with Crippen LogP contribution in [0.2, 0.25) is 0 Å². The molecule has 2 N–H and O–H groups in total. The van der Waals surface area contributed by atoms with Crippen molar-refractivity contribution >= 4 is 29.7 Å². The standard InChI is InChI=1S/C29H47N3O4S/c1-8-17-32(27(34)24(16-18-37-7)31-28(35)36-29(4,5)6)25(22-15-14-20(2)21(3)19-22)26(33)30-23-12-10-9-11-13-23/h14-15,19,23-25H,8-13,16-18H2,1-7H3,(H,30,33)(H,31,35). The van der Waals surface area contributed by atoms with Crippen molar-refractivity contribution in [2.75, 3.05) is 18.6 Å². The van der Waals surface area contributed by atoms with Gasteiger partial charge in [-0.05, 0) is 89.0 Å². The summed E-state index contributed by atoms with van der Waals surface area (Å²) in [5.74, 6) is 0.274. The van der Waals surface area contributed by atoms with Crippen LogP contribution in [-0.2, 0) is 14.3 Å². The molecule has 1 aromatic rings. The molecular weight excluding hydrogens is 486 g/mol. The summed E-state index contributed by atoms with van der Waals surface area (Å²) in [6, 6.07) is 4.53. The topological polar surface area (TPSA) is 87.7 Å². The SMILES string of the molecule is CCCN(C(=O)C(CCSC)NC(=O)OC(C)(C)C)C(C(=O)NC1CCCCC1)c1ccc(C)c(C)c1. The summed E-state index contributed by atoms with van der Waals surface area (Å²) < 4.78 is 5.45. The number of rotatable bonds is 11. The van der Waals surface area contributed by atoms with Crippen LogP contribution in [0.25, 0.3) is 0 Å². The van der Waals surface area contributed by atoms with Crippen LogP contribution in [0.3, 0.4) is 0 Å². The van der Waals surface area contributed by atoms with Gasteiger partial charge in [0.05, 0.1) is 0 Å². The summed E-state index contributed by atoms with van der Waals surface area (Å²) in [6.45, 7) is 11.8. The molecule has 2 atom stereocenters. The van der Waals surface area contributed by atoms with Crippen LogP contribution in [0.15, 0.2) is 18.2 Å². The highest BCUT2D eigenvalue weighted by Crippen LogP contribution is 2.27. The summed E-state index contributed by atoms with van der Waals surface area (Å²) in [4.78, 5) is 42.2. The smallest absolute Gasteiger partial charge is 0.408 e. The van der Waals surface area contributed by atoms with Gasteiger partial charge in [-0.25, -0.2) is 4.79 Å². The first-order valence-corrected chi connectivity index (χ1v) is 15.0. The highest BCUT2D eigenvalue weighted by molar-refractivity contribution is 7.98. The fourth-order valence-corrected chi connectivity index (χ4v) is 5.16. The summed E-state index contributed by atoms with van der Waals surface area (Å²) >= 11 is 1.61. The van der Waals surface area contributed by atoms with Crippen LogP contribution < -0.4 is 10.6 Å². The largest absolute Gasteiger partial charge is 0.444 e. The van der Waals surface area contributed by atoms with Gasteiger partial charge in [-0.3, -0.25) is 9.59 Å². The highest BCUT2D eigenvalue weighted by Gasteiger charge is 2.36. The lowest BCUT2D eigenvalue weighted by Gasteiger charge is -2.35. The summed E-state index contributed by atoms with van der Waals surface area (Å²) in [6.07, 6.45) is 7.80. The van der Waals surface area contributed by atoms with Crippen LogP contribution in [0.1, 0.15) is 95.4 Å². The molecule has 0 heterocycles. The quantitative estimate of drug-likeness (QED) is 0.382. The average Bonchev–Trinajstić information content (AvgIpc) is 2.82. The third-order valence-electron chi connectivity index (χ3n) is 6.71. The van der Waals surface area contributed by atoms with Crippen molar-refractivity contribution in [3.8, 4) is 0 Å². The number of benzene rings is 1. The van der Waals surface area contributed by atoms with E-state index in [0.29, 0.717) is 25.1 Å². The molecule has 1 aliphatic carbocycles. The van der Waals surface area contributed by atoms with E-state index in [2.05, 4.69) is 10.6 Å². The second-order valence-corrected chi connectivity index (χ2v) is 12.1. The Morgan fingerprint density at radius 3 is 2.35 bits per heavy atom. The molecule has 1 saturated carbocycles. The lowest BCUT2D eigenvalue weighted by Crippen LogP contribution is -2.54. The van der Waals surface area contributed by atoms with Gasteiger partial charge in [0.2, 0.25) is 11.8 Å². The van der Waals surface area contributed by atoms with Crippen molar-refractivity contribution < 1.29 is 19.1 Å². The van der Waals surface area contributed by atoms with Gasteiger partial charge < -0.3 is 20.3 Å². The number of nitrogens with one attached hydrogen (secondary N) is 2. The van der Waals surface area contributed by atoms with E-state index in [1.807, 2.05) is 45.2 Å². The zero-order valence-electron chi connectivity index (χ0n) is 23.8. The third-order valence-corrected chi connectivity index (χ3v) is 7.35. The number of hydrogen-bond donors (Lipinski definition) is 2. The van der Waals surface area contributed by atoms with E-state index in [0.717, 1.165) is 42.4 Å². The van der Waals surface area contributed by atoms with E-state index in [-0.39, 0.29) is 17.9 Å². The van der Waals surface area contributed by atoms with Crippen molar-refractivity contribution in [1.29, 1.82) is 0 Å². The second kappa shape index (κ2) is 14.6. The molecule has 37 heavy (non-hydrogen) atoms.